The van der Waals surface area contributed by atoms with Crippen molar-refractivity contribution in [1.82, 2.24) is 19.3 Å². The van der Waals surface area contributed by atoms with Crippen LogP contribution in [0.5, 0.6) is 0 Å². The Morgan fingerprint density at radius 3 is 2.76 bits per heavy atom. The summed E-state index contributed by atoms with van der Waals surface area (Å²) < 4.78 is 3.86. The molecule has 5 nitrogen and oxygen atoms in total. The van der Waals surface area contributed by atoms with Crippen molar-refractivity contribution in [3.8, 4) is 0 Å². The van der Waals surface area contributed by atoms with Gasteiger partial charge >= 0.3 is 0 Å². The van der Waals surface area contributed by atoms with Crippen LogP contribution in [0.1, 0.15) is 31.3 Å². The summed E-state index contributed by atoms with van der Waals surface area (Å²) in [6.07, 6.45) is 5.59. The zero-order valence-electron chi connectivity index (χ0n) is 10.5. The largest absolute Gasteiger partial charge is 0.327 e. The molecule has 92 valence electrons. The van der Waals surface area contributed by atoms with E-state index in [1.807, 2.05) is 31.8 Å². The summed E-state index contributed by atoms with van der Waals surface area (Å²) in [6.45, 7) is 4.95. The minimum Gasteiger partial charge on any atom is -0.327 e. The summed E-state index contributed by atoms with van der Waals surface area (Å²) in [4.78, 5) is 4.18. The number of hydrogen-bond acceptors (Lipinski definition) is 3. The summed E-state index contributed by atoms with van der Waals surface area (Å²) in [5, 5.41) is 4.36. The van der Waals surface area contributed by atoms with E-state index < -0.39 is 0 Å². The molecule has 0 amide bonds. The number of aryl methyl sites for hydroxylation is 1. The number of rotatable bonds is 4. The molecule has 0 bridgehead atoms. The van der Waals surface area contributed by atoms with E-state index >= 15 is 0 Å². The average molecular weight is 233 g/mol. The molecule has 2 aromatic rings. The zero-order chi connectivity index (χ0) is 12.4. The van der Waals surface area contributed by atoms with Crippen molar-refractivity contribution < 1.29 is 0 Å². The summed E-state index contributed by atoms with van der Waals surface area (Å²) in [5.41, 5.74) is 8.23. The van der Waals surface area contributed by atoms with Crippen molar-refractivity contribution >= 4 is 0 Å². The molecule has 0 aliphatic rings. The molecule has 2 heterocycles. The Labute approximate surface area is 101 Å². The summed E-state index contributed by atoms with van der Waals surface area (Å²) >= 11 is 0. The van der Waals surface area contributed by atoms with Crippen molar-refractivity contribution in [3.63, 3.8) is 0 Å². The summed E-state index contributed by atoms with van der Waals surface area (Å²) in [6, 6.07) is 2.02. The van der Waals surface area contributed by atoms with Gasteiger partial charge in [-0.15, -0.1) is 0 Å². The molecule has 0 fully saturated rings. The molecule has 0 aliphatic carbocycles. The average Bonchev–Trinajstić information content (AvgIpc) is 2.87. The molecule has 5 heteroatoms. The van der Waals surface area contributed by atoms with Gasteiger partial charge in [0.05, 0.1) is 24.3 Å². The maximum absolute atomic E-state index is 6.16. The highest BCUT2D eigenvalue weighted by molar-refractivity contribution is 5.09. The molecule has 0 saturated heterocycles. The maximum atomic E-state index is 6.16. The molecular formula is C12H19N5. The topological polar surface area (TPSA) is 61.7 Å². The number of aromatic nitrogens is 4. The van der Waals surface area contributed by atoms with Gasteiger partial charge in [0.1, 0.15) is 0 Å². The number of imidazole rings is 1. The Morgan fingerprint density at radius 1 is 1.41 bits per heavy atom. The van der Waals surface area contributed by atoms with Crippen LogP contribution in [-0.4, -0.2) is 19.3 Å². The first-order valence-electron chi connectivity index (χ1n) is 5.82. The molecular weight excluding hydrogens is 214 g/mol. The third kappa shape index (κ3) is 2.55. The first kappa shape index (κ1) is 11.9. The quantitative estimate of drug-likeness (QED) is 0.866. The zero-order valence-corrected chi connectivity index (χ0v) is 10.5. The number of hydrogen-bond donors (Lipinski definition) is 1. The van der Waals surface area contributed by atoms with Crippen molar-refractivity contribution in [3.05, 3.63) is 36.2 Å². The smallest absolute Gasteiger partial charge is 0.0952 e. The van der Waals surface area contributed by atoms with Crippen molar-refractivity contribution in [2.75, 3.05) is 0 Å². The normalized spacial score (nSPS) is 13.2. The van der Waals surface area contributed by atoms with Crippen LogP contribution in [0.3, 0.4) is 0 Å². The van der Waals surface area contributed by atoms with E-state index in [1.54, 1.807) is 4.68 Å². The van der Waals surface area contributed by atoms with E-state index in [2.05, 4.69) is 28.5 Å². The van der Waals surface area contributed by atoms with Crippen LogP contribution < -0.4 is 5.73 Å². The lowest BCUT2D eigenvalue weighted by molar-refractivity contribution is 0.483. The molecule has 0 aliphatic heterocycles. The minimum absolute atomic E-state index is 0.0150. The first-order valence-corrected chi connectivity index (χ1v) is 5.82. The fourth-order valence-corrected chi connectivity index (χ4v) is 1.80. The Bertz CT molecular complexity index is 483. The van der Waals surface area contributed by atoms with Crippen LogP contribution in [0.15, 0.2) is 24.8 Å². The van der Waals surface area contributed by atoms with Gasteiger partial charge in [-0.2, -0.15) is 5.10 Å². The Morgan fingerprint density at radius 2 is 2.18 bits per heavy atom. The molecule has 1 unspecified atom stereocenters. The van der Waals surface area contributed by atoms with E-state index in [0.717, 1.165) is 17.9 Å². The fourth-order valence-electron chi connectivity index (χ4n) is 1.80. The van der Waals surface area contributed by atoms with Gasteiger partial charge in [-0.25, -0.2) is 4.98 Å². The van der Waals surface area contributed by atoms with Crippen LogP contribution in [-0.2, 0) is 13.6 Å². The van der Waals surface area contributed by atoms with Gasteiger partial charge in [0.15, 0.2) is 0 Å². The predicted octanol–water partition coefficient (Wildman–Crippen LogP) is 1.32. The molecule has 17 heavy (non-hydrogen) atoms. The lowest BCUT2D eigenvalue weighted by atomic mass is 10.0. The highest BCUT2D eigenvalue weighted by Gasteiger charge is 2.15. The van der Waals surface area contributed by atoms with Gasteiger partial charge in [-0.1, -0.05) is 13.8 Å². The second-order valence-electron chi connectivity index (χ2n) is 4.70. The Balaban J connectivity index is 2.19. The van der Waals surface area contributed by atoms with Crippen molar-refractivity contribution in [2.24, 2.45) is 18.7 Å². The molecule has 1 atom stereocenters. The van der Waals surface area contributed by atoms with Crippen LogP contribution >= 0.6 is 0 Å². The monoisotopic (exact) mass is 233 g/mol. The van der Waals surface area contributed by atoms with Crippen molar-refractivity contribution in [2.45, 2.75) is 26.4 Å². The highest BCUT2D eigenvalue weighted by atomic mass is 15.3. The molecule has 0 radical (unpaired) electrons. The molecule has 0 aromatic carbocycles. The lowest BCUT2D eigenvalue weighted by Gasteiger charge is -2.17. The van der Waals surface area contributed by atoms with Gasteiger partial charge in [0, 0.05) is 25.5 Å². The molecule has 0 spiro atoms. The Kier molecular flexibility index (Phi) is 3.28. The third-order valence-electron chi connectivity index (χ3n) is 2.91. The molecule has 2 aromatic heterocycles. The van der Waals surface area contributed by atoms with Crippen LogP contribution in [0.4, 0.5) is 0 Å². The Hall–Kier alpha value is -1.62. The maximum Gasteiger partial charge on any atom is 0.0952 e. The second kappa shape index (κ2) is 4.71. The molecule has 2 N–H and O–H groups in total. The second-order valence-corrected chi connectivity index (χ2v) is 4.70. The van der Waals surface area contributed by atoms with Crippen LogP contribution in [0.2, 0.25) is 0 Å². The standard InChI is InChI=1S/C12H19N5/c1-9(2)12(13)11-6-14-8-17(11)7-10-4-5-16(3)15-10/h4-6,8-9,12H,7,13H2,1-3H3. The van der Waals surface area contributed by atoms with Gasteiger partial charge in [0.2, 0.25) is 0 Å². The van der Waals surface area contributed by atoms with Crippen molar-refractivity contribution in [1.29, 1.82) is 0 Å². The van der Waals surface area contributed by atoms with E-state index in [0.29, 0.717) is 5.92 Å². The van der Waals surface area contributed by atoms with E-state index in [1.165, 1.54) is 0 Å². The fraction of sp³-hybridized carbons (Fsp3) is 0.500. The third-order valence-corrected chi connectivity index (χ3v) is 2.91. The number of nitrogens with zero attached hydrogens (tertiary/aromatic N) is 4. The SMILES string of the molecule is CC(C)C(N)c1cncn1Cc1ccn(C)n1. The van der Waals surface area contributed by atoms with E-state index in [4.69, 9.17) is 5.73 Å². The van der Waals surface area contributed by atoms with Gasteiger partial charge in [0.25, 0.3) is 0 Å². The molecule has 0 saturated carbocycles. The summed E-state index contributed by atoms with van der Waals surface area (Å²) in [7, 11) is 1.91. The van der Waals surface area contributed by atoms with Crippen LogP contribution in [0, 0.1) is 5.92 Å². The lowest BCUT2D eigenvalue weighted by Crippen LogP contribution is -2.20. The predicted molar refractivity (Wildman–Crippen MR) is 66.3 cm³/mol. The van der Waals surface area contributed by atoms with Crippen LogP contribution in [0.25, 0.3) is 0 Å². The van der Waals surface area contributed by atoms with Gasteiger partial charge < -0.3 is 10.3 Å². The van der Waals surface area contributed by atoms with Gasteiger partial charge in [-0.3, -0.25) is 4.68 Å². The first-order chi connectivity index (χ1) is 8.08. The van der Waals surface area contributed by atoms with E-state index in [-0.39, 0.29) is 6.04 Å². The number of nitrogens with two attached hydrogens (primary N) is 1. The molecule has 2 rings (SSSR count). The minimum atomic E-state index is 0.0150. The highest BCUT2D eigenvalue weighted by Crippen LogP contribution is 2.18. The summed E-state index contributed by atoms with van der Waals surface area (Å²) in [5.74, 6) is 0.397. The van der Waals surface area contributed by atoms with E-state index in [9.17, 15) is 0 Å². The van der Waals surface area contributed by atoms with Gasteiger partial charge in [-0.05, 0) is 12.0 Å².